The number of amides is 1. The lowest BCUT2D eigenvalue weighted by molar-refractivity contribution is -0.132. The number of nitrogens with two attached hydrogens (primary N) is 1. The van der Waals surface area contributed by atoms with Crippen LogP contribution in [0.2, 0.25) is 0 Å². The van der Waals surface area contributed by atoms with Crippen molar-refractivity contribution < 1.29 is 14.3 Å². The van der Waals surface area contributed by atoms with Gasteiger partial charge in [0.2, 0.25) is 5.91 Å². The average molecular weight is 176 g/mol. The van der Waals surface area contributed by atoms with Gasteiger partial charge in [-0.15, -0.1) is 0 Å². The van der Waals surface area contributed by atoms with Gasteiger partial charge < -0.3 is 20.5 Å². The summed E-state index contributed by atoms with van der Waals surface area (Å²) in [6.07, 6.45) is 0.00416. The SMILES string of the molecule is CCC(=O)NCC(OC)OCN. The Morgan fingerprint density at radius 3 is 2.75 bits per heavy atom. The Kier molecular flexibility index (Phi) is 6.64. The van der Waals surface area contributed by atoms with E-state index in [1.165, 1.54) is 7.11 Å². The van der Waals surface area contributed by atoms with E-state index in [1.54, 1.807) is 6.92 Å². The summed E-state index contributed by atoms with van der Waals surface area (Å²) >= 11 is 0. The van der Waals surface area contributed by atoms with Gasteiger partial charge in [0, 0.05) is 13.5 Å². The number of hydrogen-bond donors (Lipinski definition) is 2. The topological polar surface area (TPSA) is 73.6 Å². The van der Waals surface area contributed by atoms with E-state index in [4.69, 9.17) is 15.2 Å². The summed E-state index contributed by atoms with van der Waals surface area (Å²) in [6.45, 7) is 2.20. The van der Waals surface area contributed by atoms with Crippen LogP contribution in [0.25, 0.3) is 0 Å². The molecule has 1 amide bonds. The van der Waals surface area contributed by atoms with Crippen LogP contribution in [0.1, 0.15) is 13.3 Å². The predicted octanol–water partition coefficient (Wildman–Crippen LogP) is -0.582. The number of rotatable bonds is 6. The van der Waals surface area contributed by atoms with Crippen molar-refractivity contribution in [1.82, 2.24) is 5.32 Å². The molecule has 0 radical (unpaired) electrons. The summed E-state index contributed by atoms with van der Waals surface area (Å²) in [5, 5.41) is 2.62. The number of methoxy groups -OCH3 is 1. The van der Waals surface area contributed by atoms with Crippen molar-refractivity contribution in [2.45, 2.75) is 19.6 Å². The third kappa shape index (κ3) is 5.06. The van der Waals surface area contributed by atoms with E-state index in [-0.39, 0.29) is 12.6 Å². The highest BCUT2D eigenvalue weighted by molar-refractivity contribution is 5.75. The van der Waals surface area contributed by atoms with E-state index in [2.05, 4.69) is 5.32 Å². The first-order valence-electron chi connectivity index (χ1n) is 3.85. The Bertz CT molecular complexity index is 130. The summed E-state index contributed by atoms with van der Waals surface area (Å²) in [5.41, 5.74) is 5.13. The highest BCUT2D eigenvalue weighted by atomic mass is 16.7. The minimum absolute atomic E-state index is 0.0299. The number of carbonyl (C=O) groups is 1. The number of hydrogen-bond acceptors (Lipinski definition) is 4. The molecule has 0 rings (SSSR count). The maximum atomic E-state index is 10.8. The van der Waals surface area contributed by atoms with E-state index in [1.807, 2.05) is 0 Å². The summed E-state index contributed by atoms with van der Waals surface area (Å²) in [4.78, 5) is 10.8. The Morgan fingerprint density at radius 2 is 2.33 bits per heavy atom. The van der Waals surface area contributed by atoms with Crippen molar-refractivity contribution in [2.24, 2.45) is 5.73 Å². The molecule has 5 nitrogen and oxygen atoms in total. The summed E-state index contributed by atoms with van der Waals surface area (Å²) < 4.78 is 9.80. The van der Waals surface area contributed by atoms with E-state index in [0.717, 1.165) is 0 Å². The maximum Gasteiger partial charge on any atom is 0.219 e. The predicted molar refractivity (Wildman–Crippen MR) is 44.2 cm³/mol. The van der Waals surface area contributed by atoms with Crippen LogP contribution in [0.15, 0.2) is 0 Å². The van der Waals surface area contributed by atoms with E-state index >= 15 is 0 Å². The highest BCUT2D eigenvalue weighted by Crippen LogP contribution is 1.89. The summed E-state index contributed by atoms with van der Waals surface area (Å²) in [5.74, 6) is -0.0299. The summed E-state index contributed by atoms with van der Waals surface area (Å²) in [7, 11) is 1.50. The van der Waals surface area contributed by atoms with Crippen molar-refractivity contribution in [3.63, 3.8) is 0 Å². The van der Waals surface area contributed by atoms with Crippen LogP contribution >= 0.6 is 0 Å². The molecule has 0 fully saturated rings. The zero-order chi connectivity index (χ0) is 9.40. The fourth-order valence-corrected chi connectivity index (χ4v) is 0.640. The lowest BCUT2D eigenvalue weighted by Crippen LogP contribution is -2.35. The molecule has 0 saturated heterocycles. The van der Waals surface area contributed by atoms with Gasteiger partial charge in [-0.3, -0.25) is 4.79 Å². The van der Waals surface area contributed by atoms with E-state index in [9.17, 15) is 4.79 Å². The Hall–Kier alpha value is -0.650. The molecule has 1 atom stereocenters. The van der Waals surface area contributed by atoms with Gasteiger partial charge in [-0.25, -0.2) is 0 Å². The largest absolute Gasteiger partial charge is 0.354 e. The van der Waals surface area contributed by atoms with Crippen LogP contribution in [0.4, 0.5) is 0 Å². The Labute approximate surface area is 72.2 Å². The molecule has 0 bridgehead atoms. The highest BCUT2D eigenvalue weighted by Gasteiger charge is 2.06. The fraction of sp³-hybridized carbons (Fsp3) is 0.857. The molecule has 0 aromatic rings. The van der Waals surface area contributed by atoms with Crippen molar-refractivity contribution in [3.8, 4) is 0 Å². The van der Waals surface area contributed by atoms with Crippen LogP contribution in [0.5, 0.6) is 0 Å². The molecule has 5 heteroatoms. The van der Waals surface area contributed by atoms with E-state index in [0.29, 0.717) is 13.0 Å². The maximum absolute atomic E-state index is 10.8. The minimum atomic E-state index is -0.453. The van der Waals surface area contributed by atoms with Gasteiger partial charge in [0.15, 0.2) is 6.29 Å². The number of ether oxygens (including phenoxy) is 2. The number of nitrogens with one attached hydrogen (secondary N) is 1. The molecule has 12 heavy (non-hydrogen) atoms. The van der Waals surface area contributed by atoms with Crippen molar-refractivity contribution in [3.05, 3.63) is 0 Å². The average Bonchev–Trinajstić information content (AvgIpc) is 2.11. The van der Waals surface area contributed by atoms with Gasteiger partial charge in [0.25, 0.3) is 0 Å². The minimum Gasteiger partial charge on any atom is -0.354 e. The Morgan fingerprint density at radius 1 is 1.67 bits per heavy atom. The molecule has 1 unspecified atom stereocenters. The standard InChI is InChI=1S/C7H16N2O3/c1-3-6(10)9-4-7(11-2)12-5-8/h7H,3-5,8H2,1-2H3,(H,9,10). The molecular weight excluding hydrogens is 160 g/mol. The quantitative estimate of drug-likeness (QED) is 0.531. The van der Waals surface area contributed by atoms with Gasteiger partial charge in [-0.2, -0.15) is 0 Å². The molecule has 0 spiro atoms. The second-order valence-electron chi connectivity index (χ2n) is 2.16. The number of carbonyl (C=O) groups excluding carboxylic acids is 1. The molecule has 0 aromatic carbocycles. The lowest BCUT2D eigenvalue weighted by Gasteiger charge is -2.14. The van der Waals surface area contributed by atoms with E-state index < -0.39 is 6.29 Å². The third-order valence-electron chi connectivity index (χ3n) is 1.33. The van der Waals surface area contributed by atoms with Gasteiger partial charge in [-0.05, 0) is 0 Å². The van der Waals surface area contributed by atoms with Gasteiger partial charge in [-0.1, -0.05) is 6.92 Å². The molecular formula is C7H16N2O3. The first-order valence-corrected chi connectivity index (χ1v) is 3.85. The zero-order valence-electron chi connectivity index (χ0n) is 7.50. The zero-order valence-corrected chi connectivity index (χ0v) is 7.50. The Balaban J connectivity index is 3.50. The van der Waals surface area contributed by atoms with Crippen LogP contribution in [-0.2, 0) is 14.3 Å². The van der Waals surface area contributed by atoms with Crippen LogP contribution in [0, 0.1) is 0 Å². The van der Waals surface area contributed by atoms with Crippen LogP contribution in [0.3, 0.4) is 0 Å². The molecule has 3 N–H and O–H groups in total. The van der Waals surface area contributed by atoms with Crippen molar-refractivity contribution in [2.75, 3.05) is 20.4 Å². The molecule has 0 aliphatic heterocycles. The third-order valence-corrected chi connectivity index (χ3v) is 1.33. The summed E-state index contributed by atoms with van der Waals surface area (Å²) in [6, 6.07) is 0. The van der Waals surface area contributed by atoms with Crippen LogP contribution in [-0.4, -0.2) is 32.6 Å². The molecule has 0 heterocycles. The normalized spacial score (nSPS) is 12.6. The van der Waals surface area contributed by atoms with Crippen LogP contribution < -0.4 is 11.1 Å². The smallest absolute Gasteiger partial charge is 0.219 e. The second kappa shape index (κ2) is 7.02. The molecule has 72 valence electrons. The van der Waals surface area contributed by atoms with Gasteiger partial charge >= 0.3 is 0 Å². The monoisotopic (exact) mass is 176 g/mol. The van der Waals surface area contributed by atoms with Gasteiger partial charge in [0.1, 0.15) is 0 Å². The lowest BCUT2D eigenvalue weighted by atomic mass is 10.4. The first kappa shape index (κ1) is 11.4. The molecule has 0 aromatic heterocycles. The second-order valence-corrected chi connectivity index (χ2v) is 2.16. The fourth-order valence-electron chi connectivity index (χ4n) is 0.640. The van der Waals surface area contributed by atoms with Crippen molar-refractivity contribution in [1.29, 1.82) is 0 Å². The molecule has 0 aliphatic rings. The molecule has 0 saturated carbocycles. The molecule has 0 aliphatic carbocycles. The van der Waals surface area contributed by atoms with Gasteiger partial charge in [0.05, 0.1) is 13.3 Å². The first-order chi connectivity index (χ1) is 5.74. The van der Waals surface area contributed by atoms with Crippen molar-refractivity contribution >= 4 is 5.91 Å².